The second-order valence-corrected chi connectivity index (χ2v) is 5.40. The first-order valence-corrected chi connectivity index (χ1v) is 6.83. The number of rotatable bonds is 1. The van der Waals surface area contributed by atoms with Crippen LogP contribution in [0.15, 0.2) is 27.5 Å². The Hall–Kier alpha value is -1.13. The molecule has 1 heterocycles. The van der Waals surface area contributed by atoms with Gasteiger partial charge in [0.15, 0.2) is 0 Å². The van der Waals surface area contributed by atoms with Crippen molar-refractivity contribution in [3.63, 3.8) is 0 Å². The Balaban J connectivity index is 2.44. The van der Waals surface area contributed by atoms with Crippen LogP contribution in [0.25, 0.3) is 0 Å². The number of allylic oxidation sites excluding steroid dienone is 2. The second kappa shape index (κ2) is 5.67. The van der Waals surface area contributed by atoms with Crippen molar-refractivity contribution in [2.75, 3.05) is 0 Å². The van der Waals surface area contributed by atoms with E-state index in [2.05, 4.69) is 36.7 Å². The first kappa shape index (κ1) is 13.3. The average molecular weight is 248 g/mol. The summed E-state index contributed by atoms with van der Waals surface area (Å²) in [6.45, 7) is 6.40. The van der Waals surface area contributed by atoms with Gasteiger partial charge < -0.3 is 0 Å². The molecule has 1 atom stereocenters. The van der Waals surface area contributed by atoms with E-state index in [1.165, 1.54) is 41.7 Å². The van der Waals surface area contributed by atoms with Gasteiger partial charge in [-0.3, -0.25) is 16.7 Å². The molecule has 0 spiro atoms. The Labute approximate surface area is 109 Å². The number of hydrogen-bond donors (Lipinski definition) is 3. The summed E-state index contributed by atoms with van der Waals surface area (Å²) in [7, 11) is 0. The Bertz CT molecular complexity index is 414. The van der Waals surface area contributed by atoms with E-state index in [9.17, 15) is 0 Å². The lowest BCUT2D eigenvalue weighted by Crippen LogP contribution is -2.42. The molecule has 0 amide bonds. The van der Waals surface area contributed by atoms with Gasteiger partial charge in [0, 0.05) is 6.04 Å². The summed E-state index contributed by atoms with van der Waals surface area (Å²) >= 11 is 0. The molecule has 4 nitrogen and oxygen atoms in total. The Kier molecular flexibility index (Phi) is 4.19. The molecule has 4 N–H and O–H groups in total. The number of nitrogens with one attached hydrogen (secondary N) is 2. The van der Waals surface area contributed by atoms with E-state index in [0.29, 0.717) is 0 Å². The number of hydrazine groups is 1. The molecule has 2 aliphatic rings. The van der Waals surface area contributed by atoms with Crippen LogP contribution in [-0.4, -0.2) is 11.8 Å². The molecular weight excluding hydrogens is 224 g/mol. The first-order chi connectivity index (χ1) is 8.65. The summed E-state index contributed by atoms with van der Waals surface area (Å²) < 4.78 is 0. The fourth-order valence-electron chi connectivity index (χ4n) is 2.89. The predicted molar refractivity (Wildman–Crippen MR) is 75.8 cm³/mol. The van der Waals surface area contributed by atoms with Crippen molar-refractivity contribution in [1.82, 2.24) is 10.9 Å². The van der Waals surface area contributed by atoms with Crippen LogP contribution < -0.4 is 16.7 Å². The van der Waals surface area contributed by atoms with E-state index in [-0.39, 0.29) is 6.04 Å². The normalized spacial score (nSPS) is 24.8. The third kappa shape index (κ3) is 2.49. The zero-order valence-corrected chi connectivity index (χ0v) is 11.6. The fourth-order valence-corrected chi connectivity index (χ4v) is 2.89. The van der Waals surface area contributed by atoms with Crippen LogP contribution in [0.2, 0.25) is 0 Å². The molecule has 1 fully saturated rings. The monoisotopic (exact) mass is 248 g/mol. The van der Waals surface area contributed by atoms with E-state index in [0.717, 1.165) is 18.5 Å². The summed E-state index contributed by atoms with van der Waals surface area (Å²) in [5, 5.41) is 4.56. The number of hydrogen-bond acceptors (Lipinski definition) is 4. The van der Waals surface area contributed by atoms with Crippen molar-refractivity contribution < 1.29 is 0 Å². The van der Waals surface area contributed by atoms with Crippen molar-refractivity contribution in [3.8, 4) is 0 Å². The highest BCUT2D eigenvalue weighted by Gasteiger charge is 2.26. The molecule has 0 saturated heterocycles. The minimum atomic E-state index is 0.237. The minimum absolute atomic E-state index is 0.237. The van der Waals surface area contributed by atoms with Crippen molar-refractivity contribution in [3.05, 3.63) is 22.4 Å². The molecule has 1 saturated carbocycles. The molecule has 0 bridgehead atoms. The van der Waals surface area contributed by atoms with Crippen LogP contribution in [0.5, 0.6) is 0 Å². The topological polar surface area (TPSA) is 62.4 Å². The molecule has 0 aromatic heterocycles. The quantitative estimate of drug-likeness (QED) is 0.493. The molecule has 18 heavy (non-hydrogen) atoms. The molecule has 2 rings (SSSR count). The van der Waals surface area contributed by atoms with E-state index in [4.69, 9.17) is 5.84 Å². The lowest BCUT2D eigenvalue weighted by Gasteiger charge is -2.30. The summed E-state index contributed by atoms with van der Waals surface area (Å²) in [5.74, 6) is 5.74. The Morgan fingerprint density at radius 3 is 2.78 bits per heavy atom. The van der Waals surface area contributed by atoms with Crippen LogP contribution in [0.3, 0.4) is 0 Å². The van der Waals surface area contributed by atoms with Gasteiger partial charge in [-0.15, -0.1) is 0 Å². The van der Waals surface area contributed by atoms with Gasteiger partial charge in [-0.25, -0.2) is 0 Å². The van der Waals surface area contributed by atoms with Gasteiger partial charge in [-0.2, -0.15) is 5.10 Å². The fraction of sp³-hybridized carbons (Fsp3) is 0.643. The second-order valence-electron chi connectivity index (χ2n) is 5.40. The summed E-state index contributed by atoms with van der Waals surface area (Å²) in [4.78, 5) is 0. The summed E-state index contributed by atoms with van der Waals surface area (Å²) in [6.07, 6.45) is 5.86. The molecule has 100 valence electrons. The standard InChI is InChI=1S/C14H24N4/c1-9(2)14-10(3)13-11(16-15)7-5-4-6-8-12(13)17-18-14/h11,16,18H,4-8,15H2,1-3H3. The van der Waals surface area contributed by atoms with E-state index >= 15 is 0 Å². The van der Waals surface area contributed by atoms with Gasteiger partial charge in [0.25, 0.3) is 0 Å². The number of nitrogens with zero attached hydrogens (tertiary/aromatic N) is 1. The highest BCUT2D eigenvalue weighted by molar-refractivity contribution is 6.03. The zero-order chi connectivity index (χ0) is 13.1. The van der Waals surface area contributed by atoms with Crippen molar-refractivity contribution in [1.29, 1.82) is 0 Å². The molecule has 1 aliphatic heterocycles. The maximum absolute atomic E-state index is 5.74. The van der Waals surface area contributed by atoms with Crippen LogP contribution in [0.4, 0.5) is 0 Å². The zero-order valence-electron chi connectivity index (χ0n) is 11.6. The van der Waals surface area contributed by atoms with Crippen molar-refractivity contribution in [2.45, 2.75) is 58.9 Å². The lowest BCUT2D eigenvalue weighted by atomic mass is 9.85. The van der Waals surface area contributed by atoms with E-state index in [1.807, 2.05) is 0 Å². The smallest absolute Gasteiger partial charge is 0.0658 e. The molecule has 1 aliphatic carbocycles. The van der Waals surface area contributed by atoms with Gasteiger partial charge in [0.1, 0.15) is 0 Å². The van der Waals surface area contributed by atoms with Gasteiger partial charge in [0.2, 0.25) is 0 Å². The molecule has 0 aromatic carbocycles. The highest BCUT2D eigenvalue weighted by Crippen LogP contribution is 2.29. The summed E-state index contributed by atoms with van der Waals surface area (Å²) in [6, 6.07) is 0.237. The molecular formula is C14H24N4. The number of nitrogens with two attached hydrogens (primary N) is 1. The highest BCUT2D eigenvalue weighted by atomic mass is 15.3. The largest absolute Gasteiger partial charge is 0.278 e. The predicted octanol–water partition coefficient (Wildman–Crippen LogP) is 2.35. The van der Waals surface area contributed by atoms with Gasteiger partial charge >= 0.3 is 0 Å². The Morgan fingerprint density at radius 1 is 1.33 bits per heavy atom. The number of hydrazone groups is 1. The maximum Gasteiger partial charge on any atom is 0.0658 e. The van der Waals surface area contributed by atoms with Crippen LogP contribution in [0, 0.1) is 0 Å². The Morgan fingerprint density at radius 2 is 2.11 bits per heavy atom. The SMILES string of the molecule is CC(C)=C1NN=C2CCCCCC(NN)C2=C1C. The van der Waals surface area contributed by atoms with Crippen molar-refractivity contribution >= 4 is 5.71 Å². The third-order valence-electron chi connectivity index (χ3n) is 3.85. The van der Waals surface area contributed by atoms with E-state index < -0.39 is 0 Å². The van der Waals surface area contributed by atoms with Crippen molar-refractivity contribution in [2.24, 2.45) is 10.9 Å². The van der Waals surface area contributed by atoms with Crippen LogP contribution in [-0.2, 0) is 0 Å². The molecule has 1 unspecified atom stereocenters. The molecule has 0 aromatic rings. The van der Waals surface area contributed by atoms with Crippen LogP contribution >= 0.6 is 0 Å². The van der Waals surface area contributed by atoms with Gasteiger partial charge in [-0.05, 0) is 51.2 Å². The summed E-state index contributed by atoms with van der Waals surface area (Å²) in [5.41, 5.74) is 12.4. The molecule has 0 radical (unpaired) electrons. The third-order valence-corrected chi connectivity index (χ3v) is 3.85. The van der Waals surface area contributed by atoms with E-state index in [1.54, 1.807) is 0 Å². The number of fused-ring (bicyclic) bond motifs is 1. The van der Waals surface area contributed by atoms with Crippen LogP contribution in [0.1, 0.15) is 52.9 Å². The average Bonchev–Trinajstić information content (AvgIpc) is 2.30. The molecule has 4 heteroatoms. The lowest BCUT2D eigenvalue weighted by molar-refractivity contribution is 0.508. The first-order valence-electron chi connectivity index (χ1n) is 6.83. The maximum atomic E-state index is 5.74. The minimum Gasteiger partial charge on any atom is -0.278 e. The van der Waals surface area contributed by atoms with Gasteiger partial charge in [0.05, 0.1) is 11.4 Å². The van der Waals surface area contributed by atoms with Gasteiger partial charge in [-0.1, -0.05) is 18.4 Å².